The van der Waals surface area contributed by atoms with Crippen LogP contribution < -0.4 is 11.5 Å². The molecule has 0 bridgehead atoms. The summed E-state index contributed by atoms with van der Waals surface area (Å²) in [7, 11) is 0. The van der Waals surface area contributed by atoms with E-state index in [1.807, 2.05) is 0 Å². The maximum atomic E-state index is 11.2. The van der Waals surface area contributed by atoms with Crippen LogP contribution in [-0.2, 0) is 9.59 Å². The fourth-order valence-corrected chi connectivity index (χ4v) is 1.07. The fraction of sp³-hybridized carbons (Fsp3) is 0.556. The Morgan fingerprint density at radius 1 is 1.43 bits per heavy atom. The first kappa shape index (κ1) is 12.8. The van der Waals surface area contributed by atoms with Crippen LogP contribution in [0.1, 0.15) is 19.3 Å². The van der Waals surface area contributed by atoms with E-state index in [0.717, 1.165) is 6.08 Å². The molecule has 5 N–H and O–H groups in total. The van der Waals surface area contributed by atoms with E-state index < -0.39 is 17.3 Å². The van der Waals surface area contributed by atoms with Gasteiger partial charge in [-0.05, 0) is 31.9 Å². The van der Waals surface area contributed by atoms with E-state index in [2.05, 4.69) is 6.58 Å². The highest BCUT2D eigenvalue weighted by molar-refractivity contribution is 6.12. The highest BCUT2D eigenvalue weighted by Gasteiger charge is 2.39. The largest absolute Gasteiger partial charge is 0.480 e. The molecular weight excluding hydrogens is 184 g/mol. The zero-order valence-electron chi connectivity index (χ0n) is 8.03. The van der Waals surface area contributed by atoms with Crippen molar-refractivity contribution in [3.8, 4) is 0 Å². The number of ketones is 1. The molecule has 0 aliphatic carbocycles. The first-order valence-electron chi connectivity index (χ1n) is 4.38. The van der Waals surface area contributed by atoms with Gasteiger partial charge in [0.25, 0.3) is 0 Å². The summed E-state index contributed by atoms with van der Waals surface area (Å²) in [5.74, 6) is -1.98. The lowest BCUT2D eigenvalue weighted by molar-refractivity contribution is -0.147. The highest BCUT2D eigenvalue weighted by Crippen LogP contribution is 2.13. The number of nitrogens with two attached hydrogens (primary N) is 2. The second kappa shape index (κ2) is 5.51. The molecule has 0 saturated carbocycles. The Labute approximate surface area is 82.8 Å². The number of carboxylic acids is 1. The molecule has 0 radical (unpaired) electrons. The zero-order chi connectivity index (χ0) is 11.2. The summed E-state index contributed by atoms with van der Waals surface area (Å²) in [5.41, 5.74) is 8.89. The number of aliphatic carboxylic acids is 1. The zero-order valence-corrected chi connectivity index (χ0v) is 8.03. The third-order valence-electron chi connectivity index (χ3n) is 2.03. The molecule has 0 saturated heterocycles. The molecule has 0 fully saturated rings. The molecule has 1 atom stereocenters. The Kier molecular flexibility index (Phi) is 5.04. The maximum absolute atomic E-state index is 11.2. The normalized spacial score (nSPS) is 14.4. The number of rotatable bonds is 7. The van der Waals surface area contributed by atoms with E-state index >= 15 is 0 Å². The van der Waals surface area contributed by atoms with Crippen LogP contribution in [0.2, 0.25) is 0 Å². The van der Waals surface area contributed by atoms with Crippen molar-refractivity contribution in [1.29, 1.82) is 0 Å². The summed E-state index contributed by atoms with van der Waals surface area (Å²) < 4.78 is 0. The molecule has 0 aliphatic rings. The Balaban J connectivity index is 4.48. The van der Waals surface area contributed by atoms with Crippen molar-refractivity contribution in [3.05, 3.63) is 12.7 Å². The molecule has 5 nitrogen and oxygen atoms in total. The molecule has 5 heteroatoms. The van der Waals surface area contributed by atoms with Gasteiger partial charge in [0.2, 0.25) is 0 Å². The number of carboxylic acid groups (broad SMARTS) is 1. The molecular formula is C9H16N2O3. The molecule has 1 unspecified atom stereocenters. The summed E-state index contributed by atoms with van der Waals surface area (Å²) in [6, 6.07) is 0. The molecule has 0 amide bonds. The van der Waals surface area contributed by atoms with Gasteiger partial charge in [-0.1, -0.05) is 6.58 Å². The van der Waals surface area contributed by atoms with Crippen LogP contribution in [0.4, 0.5) is 0 Å². The van der Waals surface area contributed by atoms with Crippen molar-refractivity contribution >= 4 is 11.8 Å². The van der Waals surface area contributed by atoms with E-state index in [-0.39, 0.29) is 6.42 Å². The van der Waals surface area contributed by atoms with E-state index in [9.17, 15) is 9.59 Å². The van der Waals surface area contributed by atoms with Crippen LogP contribution >= 0.6 is 0 Å². The van der Waals surface area contributed by atoms with Crippen LogP contribution in [-0.4, -0.2) is 28.9 Å². The Morgan fingerprint density at radius 3 is 2.36 bits per heavy atom. The summed E-state index contributed by atoms with van der Waals surface area (Å²) in [4.78, 5) is 22.0. The van der Waals surface area contributed by atoms with E-state index in [0.29, 0.717) is 19.4 Å². The standard InChI is InChI=1S/C9H16N2O3/c1-2-7(12)9(11,8(13)14)5-3-4-6-10/h2H,1,3-6,10-11H2,(H,13,14). The molecule has 0 aromatic rings. The minimum Gasteiger partial charge on any atom is -0.480 e. The van der Waals surface area contributed by atoms with Crippen molar-refractivity contribution < 1.29 is 14.7 Å². The molecule has 0 aromatic carbocycles. The minimum atomic E-state index is -1.84. The Morgan fingerprint density at radius 2 is 2.00 bits per heavy atom. The van der Waals surface area contributed by atoms with Crippen LogP contribution in [0.5, 0.6) is 0 Å². The first-order valence-corrected chi connectivity index (χ1v) is 4.38. The van der Waals surface area contributed by atoms with E-state index in [1.54, 1.807) is 0 Å². The maximum Gasteiger partial charge on any atom is 0.331 e. The van der Waals surface area contributed by atoms with Crippen molar-refractivity contribution in [3.63, 3.8) is 0 Å². The predicted octanol–water partition coefficient (Wildman–Crippen LogP) is -0.347. The third kappa shape index (κ3) is 2.93. The molecule has 0 rings (SSSR count). The van der Waals surface area contributed by atoms with Gasteiger partial charge in [-0.3, -0.25) is 4.79 Å². The van der Waals surface area contributed by atoms with Crippen molar-refractivity contribution in [1.82, 2.24) is 0 Å². The van der Waals surface area contributed by atoms with E-state index in [4.69, 9.17) is 16.6 Å². The van der Waals surface area contributed by atoms with Gasteiger partial charge in [0.05, 0.1) is 0 Å². The van der Waals surface area contributed by atoms with Crippen molar-refractivity contribution in [2.24, 2.45) is 11.5 Å². The second-order valence-electron chi connectivity index (χ2n) is 3.09. The summed E-state index contributed by atoms with van der Waals surface area (Å²) in [5, 5.41) is 8.81. The third-order valence-corrected chi connectivity index (χ3v) is 2.03. The quantitative estimate of drug-likeness (QED) is 0.296. The number of carbonyl (C=O) groups excluding carboxylic acids is 1. The Hall–Kier alpha value is -1.20. The van der Waals surface area contributed by atoms with Crippen LogP contribution in [0, 0.1) is 0 Å². The van der Waals surface area contributed by atoms with Crippen molar-refractivity contribution in [2.75, 3.05) is 6.54 Å². The number of carbonyl (C=O) groups is 2. The lowest BCUT2D eigenvalue weighted by Crippen LogP contribution is -2.54. The average Bonchev–Trinajstić information content (AvgIpc) is 2.16. The van der Waals surface area contributed by atoms with Gasteiger partial charge in [0, 0.05) is 0 Å². The van der Waals surface area contributed by atoms with Gasteiger partial charge in [0.15, 0.2) is 11.3 Å². The first-order chi connectivity index (χ1) is 6.49. The minimum absolute atomic E-state index is 0.0877. The van der Waals surface area contributed by atoms with Gasteiger partial charge < -0.3 is 16.6 Å². The monoisotopic (exact) mass is 200 g/mol. The predicted molar refractivity (Wildman–Crippen MR) is 52.7 cm³/mol. The number of hydrogen-bond acceptors (Lipinski definition) is 4. The summed E-state index contributed by atoms with van der Waals surface area (Å²) in [6.45, 7) is 3.68. The van der Waals surface area contributed by atoms with Gasteiger partial charge in [-0.15, -0.1) is 0 Å². The average molecular weight is 200 g/mol. The van der Waals surface area contributed by atoms with Crippen molar-refractivity contribution in [2.45, 2.75) is 24.8 Å². The molecule has 0 aliphatic heterocycles. The van der Waals surface area contributed by atoms with Gasteiger partial charge in [-0.2, -0.15) is 0 Å². The van der Waals surface area contributed by atoms with E-state index in [1.165, 1.54) is 0 Å². The fourth-order valence-electron chi connectivity index (χ4n) is 1.07. The van der Waals surface area contributed by atoms with Gasteiger partial charge in [0.1, 0.15) is 0 Å². The highest BCUT2D eigenvalue weighted by atomic mass is 16.4. The number of unbranched alkanes of at least 4 members (excludes halogenated alkanes) is 1. The molecule has 0 heterocycles. The topological polar surface area (TPSA) is 106 Å². The molecule has 80 valence electrons. The number of hydrogen-bond donors (Lipinski definition) is 3. The van der Waals surface area contributed by atoms with Gasteiger partial charge >= 0.3 is 5.97 Å². The smallest absolute Gasteiger partial charge is 0.331 e. The van der Waals surface area contributed by atoms with Crippen LogP contribution in [0.25, 0.3) is 0 Å². The molecule has 0 spiro atoms. The second-order valence-corrected chi connectivity index (χ2v) is 3.09. The van der Waals surface area contributed by atoms with Crippen LogP contribution in [0.15, 0.2) is 12.7 Å². The molecule has 14 heavy (non-hydrogen) atoms. The lowest BCUT2D eigenvalue weighted by Gasteiger charge is -2.21. The van der Waals surface area contributed by atoms with Gasteiger partial charge in [-0.25, -0.2) is 4.79 Å². The lowest BCUT2D eigenvalue weighted by atomic mass is 9.89. The van der Waals surface area contributed by atoms with Crippen LogP contribution in [0.3, 0.4) is 0 Å². The molecule has 0 aromatic heterocycles. The SMILES string of the molecule is C=CC(=O)C(N)(CCCCN)C(=O)O. The Bertz CT molecular complexity index is 240. The summed E-state index contributed by atoms with van der Waals surface area (Å²) >= 11 is 0. The summed E-state index contributed by atoms with van der Waals surface area (Å²) in [6.07, 6.45) is 2.19.